The quantitative estimate of drug-likeness (QED) is 0.326. The van der Waals surface area contributed by atoms with Crippen molar-refractivity contribution in [3.63, 3.8) is 0 Å². The van der Waals surface area contributed by atoms with Gasteiger partial charge in [0.25, 0.3) is 5.91 Å². The largest absolute Gasteiger partial charge is 0.383 e. The van der Waals surface area contributed by atoms with Gasteiger partial charge < -0.3 is 15.4 Å². The minimum absolute atomic E-state index is 0.0545. The van der Waals surface area contributed by atoms with Crippen LogP contribution < -0.4 is 10.6 Å². The number of anilines is 2. The van der Waals surface area contributed by atoms with Gasteiger partial charge in [-0.1, -0.05) is 0 Å². The van der Waals surface area contributed by atoms with Crippen LogP contribution in [0.3, 0.4) is 0 Å². The van der Waals surface area contributed by atoms with Gasteiger partial charge >= 0.3 is 0 Å². The van der Waals surface area contributed by atoms with Gasteiger partial charge in [0.1, 0.15) is 4.83 Å². The third-order valence-electron chi connectivity index (χ3n) is 7.86. The van der Waals surface area contributed by atoms with Crippen molar-refractivity contribution in [2.45, 2.75) is 51.1 Å². The van der Waals surface area contributed by atoms with E-state index in [0.29, 0.717) is 42.3 Å². The monoisotopic (exact) mass is 548 g/mol. The number of amides is 2. The van der Waals surface area contributed by atoms with Crippen molar-refractivity contribution in [1.29, 1.82) is 0 Å². The minimum Gasteiger partial charge on any atom is -0.383 e. The molecule has 0 bridgehead atoms. The Hall–Kier alpha value is -3.61. The molecule has 12 heteroatoms. The number of carbonyl (C=O) groups excluding carboxylic acids is 2. The normalized spacial score (nSPS) is 16.6. The number of carbonyl (C=O) groups is 2. The molecule has 1 saturated heterocycles. The Morgan fingerprint density at radius 1 is 1.10 bits per heavy atom. The third kappa shape index (κ3) is 5.07. The van der Waals surface area contributed by atoms with Crippen molar-refractivity contribution in [2.24, 2.45) is 0 Å². The lowest BCUT2D eigenvalue weighted by Gasteiger charge is -2.45. The second kappa shape index (κ2) is 10.5. The molecule has 1 aliphatic heterocycles. The predicted molar refractivity (Wildman–Crippen MR) is 149 cm³/mol. The van der Waals surface area contributed by atoms with Crippen LogP contribution >= 0.6 is 11.3 Å². The molecule has 2 amide bonds. The number of ether oxygens (including phenoxy) is 1. The van der Waals surface area contributed by atoms with Crippen LogP contribution in [0.2, 0.25) is 0 Å². The average Bonchev–Trinajstić information content (AvgIpc) is 3.67. The van der Waals surface area contributed by atoms with Crippen molar-refractivity contribution in [1.82, 2.24) is 29.3 Å². The number of methoxy groups -OCH3 is 1. The summed E-state index contributed by atoms with van der Waals surface area (Å²) in [5, 5.41) is 14.7. The summed E-state index contributed by atoms with van der Waals surface area (Å²) in [5.74, 6) is -0.340. The van der Waals surface area contributed by atoms with Gasteiger partial charge in [0.15, 0.2) is 0 Å². The van der Waals surface area contributed by atoms with E-state index in [-0.39, 0.29) is 17.4 Å². The van der Waals surface area contributed by atoms with E-state index >= 15 is 0 Å². The van der Waals surface area contributed by atoms with Crippen LogP contribution in [-0.2, 0) is 16.1 Å². The molecule has 2 aliphatic rings. The van der Waals surface area contributed by atoms with Crippen LogP contribution in [0.1, 0.15) is 48.2 Å². The molecule has 1 spiro atoms. The smallest absolute Gasteiger partial charge is 0.260 e. The molecular formula is C27H32N8O3S. The van der Waals surface area contributed by atoms with Gasteiger partial charge in [-0.3, -0.25) is 24.2 Å². The number of thiazole rings is 1. The Kier molecular flexibility index (Phi) is 6.92. The zero-order valence-corrected chi connectivity index (χ0v) is 23.0. The summed E-state index contributed by atoms with van der Waals surface area (Å²) in [6, 6.07) is 1.76. The molecule has 0 aromatic carbocycles. The number of pyridine rings is 1. The summed E-state index contributed by atoms with van der Waals surface area (Å²) >= 11 is 1.47. The first-order chi connectivity index (χ1) is 18.9. The van der Waals surface area contributed by atoms with E-state index in [0.717, 1.165) is 28.2 Å². The molecule has 4 aromatic heterocycles. The van der Waals surface area contributed by atoms with E-state index in [4.69, 9.17) is 4.74 Å². The summed E-state index contributed by atoms with van der Waals surface area (Å²) in [6.45, 7) is 4.43. The Bertz CT molecular complexity index is 1520. The van der Waals surface area contributed by atoms with Crippen molar-refractivity contribution in [2.75, 3.05) is 37.4 Å². The number of aromatic nitrogens is 5. The topological polar surface area (TPSA) is 119 Å². The highest BCUT2D eigenvalue weighted by Crippen LogP contribution is 2.45. The maximum absolute atomic E-state index is 13.3. The van der Waals surface area contributed by atoms with Gasteiger partial charge in [-0.15, -0.1) is 11.3 Å². The Balaban J connectivity index is 1.14. The number of likely N-dealkylation sites (tertiary alicyclic amines) is 1. The highest BCUT2D eigenvalue weighted by atomic mass is 32.1. The molecule has 2 N–H and O–H groups in total. The zero-order chi connectivity index (χ0) is 27.0. The average molecular weight is 549 g/mol. The summed E-state index contributed by atoms with van der Waals surface area (Å²) in [4.78, 5) is 34.5. The molecule has 0 atom stereocenters. The number of aryl methyl sites for hydroxylation is 1. The van der Waals surface area contributed by atoms with Crippen LogP contribution in [0, 0.1) is 6.92 Å². The van der Waals surface area contributed by atoms with Crippen LogP contribution in [0.15, 0.2) is 37.1 Å². The van der Waals surface area contributed by atoms with Gasteiger partial charge in [-0.05, 0) is 51.6 Å². The Morgan fingerprint density at radius 3 is 2.74 bits per heavy atom. The lowest BCUT2D eigenvalue weighted by Crippen LogP contribution is -2.51. The molecule has 39 heavy (non-hydrogen) atoms. The highest BCUT2D eigenvalue weighted by molar-refractivity contribution is 7.21. The number of fused-ring (bicyclic) bond motifs is 1. The summed E-state index contributed by atoms with van der Waals surface area (Å²) in [6.07, 6.45) is 14.8. The van der Waals surface area contributed by atoms with Crippen LogP contribution in [0.5, 0.6) is 0 Å². The van der Waals surface area contributed by atoms with Gasteiger partial charge in [0.2, 0.25) is 5.91 Å². The Morgan fingerprint density at radius 2 is 1.95 bits per heavy atom. The lowest BCUT2D eigenvalue weighted by molar-refractivity contribution is -0.119. The first-order valence-corrected chi connectivity index (χ1v) is 14.1. The van der Waals surface area contributed by atoms with E-state index in [2.05, 4.69) is 30.7 Å². The first kappa shape index (κ1) is 25.7. The fraction of sp³-hybridized carbons (Fsp3) is 0.444. The third-order valence-corrected chi connectivity index (χ3v) is 9.02. The van der Waals surface area contributed by atoms with E-state index in [9.17, 15) is 9.59 Å². The van der Waals surface area contributed by atoms with Gasteiger partial charge in [0.05, 0.1) is 65.8 Å². The van der Waals surface area contributed by atoms with Gasteiger partial charge in [-0.25, -0.2) is 4.52 Å². The van der Waals surface area contributed by atoms with E-state index in [1.54, 1.807) is 36.3 Å². The second-order valence-electron chi connectivity index (χ2n) is 10.4. The van der Waals surface area contributed by atoms with Crippen LogP contribution in [-0.4, -0.2) is 73.4 Å². The SMILES string of the molecule is COCCn1cc(-c2cn3ncc(C(=O)Nc4cc(NC(=O)CN5CCCC56CCC6)cnc4C)c3s2)cn1. The molecule has 0 radical (unpaired) electrons. The van der Waals surface area contributed by atoms with Crippen molar-refractivity contribution in [3.05, 3.63) is 48.3 Å². The second-order valence-corrected chi connectivity index (χ2v) is 11.4. The van der Waals surface area contributed by atoms with Crippen molar-refractivity contribution in [3.8, 4) is 10.4 Å². The molecule has 1 aliphatic carbocycles. The predicted octanol–water partition coefficient (Wildman–Crippen LogP) is 3.82. The molecule has 5 heterocycles. The molecule has 4 aromatic rings. The summed E-state index contributed by atoms with van der Waals surface area (Å²) in [7, 11) is 1.66. The highest BCUT2D eigenvalue weighted by Gasteiger charge is 2.45. The molecular weight excluding hydrogens is 516 g/mol. The fourth-order valence-electron chi connectivity index (χ4n) is 5.56. The minimum atomic E-state index is -0.286. The number of hydrogen-bond acceptors (Lipinski definition) is 8. The summed E-state index contributed by atoms with van der Waals surface area (Å²) < 4.78 is 8.65. The summed E-state index contributed by atoms with van der Waals surface area (Å²) in [5.41, 5.74) is 3.43. The van der Waals surface area contributed by atoms with Crippen LogP contribution in [0.4, 0.5) is 11.4 Å². The van der Waals surface area contributed by atoms with E-state index in [1.807, 2.05) is 24.0 Å². The lowest BCUT2D eigenvalue weighted by atomic mass is 9.75. The van der Waals surface area contributed by atoms with Crippen LogP contribution in [0.25, 0.3) is 15.3 Å². The number of hydrogen-bond donors (Lipinski definition) is 2. The number of rotatable bonds is 9. The Labute approximate surface area is 230 Å². The van der Waals surface area contributed by atoms with E-state index < -0.39 is 0 Å². The van der Waals surface area contributed by atoms with Gasteiger partial charge in [0, 0.05) is 30.6 Å². The van der Waals surface area contributed by atoms with E-state index in [1.165, 1.54) is 37.0 Å². The first-order valence-electron chi connectivity index (χ1n) is 13.3. The molecule has 0 unspecified atom stereocenters. The molecule has 6 rings (SSSR count). The molecule has 1 saturated carbocycles. The number of nitrogens with one attached hydrogen (secondary N) is 2. The van der Waals surface area contributed by atoms with Crippen molar-refractivity contribution < 1.29 is 14.3 Å². The maximum Gasteiger partial charge on any atom is 0.260 e. The molecule has 11 nitrogen and oxygen atoms in total. The van der Waals surface area contributed by atoms with Gasteiger partial charge in [-0.2, -0.15) is 10.2 Å². The fourth-order valence-corrected chi connectivity index (χ4v) is 6.59. The zero-order valence-electron chi connectivity index (χ0n) is 22.1. The van der Waals surface area contributed by atoms with Crippen molar-refractivity contribution >= 4 is 39.4 Å². The molecule has 2 fully saturated rings. The standard InChI is InChI=1S/C27H32N8O3S/c1-18-22(11-20(13-28-18)31-24(36)17-33-8-4-7-27(33)5-3-6-27)32-25(37)21-14-30-35-16-23(39-26(21)35)19-12-29-34(15-19)9-10-38-2/h11-16H,3-10,17H2,1-2H3,(H,31,36)(H,32,37). The maximum atomic E-state index is 13.3. The molecule has 204 valence electrons. The number of nitrogens with zero attached hydrogens (tertiary/aromatic N) is 6.